The summed E-state index contributed by atoms with van der Waals surface area (Å²) in [4.78, 5) is 11.5. The number of ether oxygens (including phenoxy) is 1. The molecular formula is C11H14ClNO2. The fraction of sp³-hybridized carbons (Fsp3) is 0.364. The van der Waals surface area contributed by atoms with Crippen LogP contribution in [0.1, 0.15) is 22.3 Å². The molecule has 0 saturated carbocycles. The van der Waals surface area contributed by atoms with Crippen LogP contribution in [-0.4, -0.2) is 19.6 Å². The molecule has 1 aliphatic rings. The van der Waals surface area contributed by atoms with Crippen molar-refractivity contribution in [3.8, 4) is 5.75 Å². The zero-order chi connectivity index (χ0) is 9.97. The number of amides is 1. The van der Waals surface area contributed by atoms with Crippen LogP contribution in [0.15, 0.2) is 18.2 Å². The summed E-state index contributed by atoms with van der Waals surface area (Å²) < 4.78 is 5.48. The highest BCUT2D eigenvalue weighted by molar-refractivity contribution is 5.96. The molecule has 1 aliphatic heterocycles. The molecule has 82 valence electrons. The molecule has 15 heavy (non-hydrogen) atoms. The molecule has 1 aromatic rings. The predicted octanol–water partition coefficient (Wildman–Crippen LogP) is 1.79. The molecule has 0 fully saturated rings. The molecule has 2 rings (SSSR count). The number of carbonyl (C=O) groups excluding carboxylic acids is 1. The molecule has 3 nitrogen and oxygen atoms in total. The fourth-order valence-electron chi connectivity index (χ4n) is 1.74. The summed E-state index contributed by atoms with van der Waals surface area (Å²) in [6.07, 6.45) is 1.92. The minimum absolute atomic E-state index is 0. The average Bonchev–Trinajstić information content (AvgIpc) is 2.27. The Kier molecular flexibility index (Phi) is 3.97. The van der Waals surface area contributed by atoms with Crippen molar-refractivity contribution in [2.45, 2.75) is 12.8 Å². The minimum atomic E-state index is -0.0349. The second-order valence-corrected chi connectivity index (χ2v) is 3.31. The number of hydrogen-bond acceptors (Lipinski definition) is 2. The summed E-state index contributed by atoms with van der Waals surface area (Å²) in [6.45, 7) is 0.754. The summed E-state index contributed by atoms with van der Waals surface area (Å²) in [5.41, 5.74) is 1.78. The van der Waals surface area contributed by atoms with E-state index in [0.717, 1.165) is 36.3 Å². The van der Waals surface area contributed by atoms with Gasteiger partial charge in [0.2, 0.25) is 0 Å². The third-order valence-corrected chi connectivity index (χ3v) is 2.43. The quantitative estimate of drug-likeness (QED) is 0.795. The maximum Gasteiger partial charge on any atom is 0.251 e. The second kappa shape index (κ2) is 5.03. The smallest absolute Gasteiger partial charge is 0.251 e. The van der Waals surface area contributed by atoms with Crippen LogP contribution in [0.3, 0.4) is 0 Å². The van der Waals surface area contributed by atoms with Crippen molar-refractivity contribution in [3.05, 3.63) is 29.3 Å². The van der Waals surface area contributed by atoms with Crippen molar-refractivity contribution in [1.82, 2.24) is 5.32 Å². The molecule has 1 heterocycles. The number of nitrogens with one attached hydrogen (secondary N) is 1. The van der Waals surface area contributed by atoms with Gasteiger partial charge in [-0.25, -0.2) is 0 Å². The Bertz CT molecular complexity index is 366. The van der Waals surface area contributed by atoms with E-state index >= 15 is 0 Å². The van der Waals surface area contributed by atoms with E-state index in [4.69, 9.17) is 4.74 Å². The molecule has 1 amide bonds. The maximum atomic E-state index is 11.5. The second-order valence-electron chi connectivity index (χ2n) is 3.31. The minimum Gasteiger partial charge on any atom is -0.493 e. The highest BCUT2D eigenvalue weighted by Crippen LogP contribution is 2.27. The Hall–Kier alpha value is -1.22. The van der Waals surface area contributed by atoms with Gasteiger partial charge in [0.15, 0.2) is 0 Å². The van der Waals surface area contributed by atoms with Gasteiger partial charge in [0.1, 0.15) is 5.75 Å². The molecule has 0 bridgehead atoms. The molecule has 0 unspecified atom stereocenters. The first-order chi connectivity index (χ1) is 6.83. The first-order valence-corrected chi connectivity index (χ1v) is 4.79. The molecule has 1 aromatic carbocycles. The third kappa shape index (κ3) is 2.23. The number of rotatable bonds is 1. The van der Waals surface area contributed by atoms with Gasteiger partial charge in [-0.15, -0.1) is 12.4 Å². The van der Waals surface area contributed by atoms with Gasteiger partial charge in [0.25, 0.3) is 5.91 Å². The highest BCUT2D eigenvalue weighted by Gasteiger charge is 2.17. The Labute approximate surface area is 95.2 Å². The molecule has 4 heteroatoms. The summed E-state index contributed by atoms with van der Waals surface area (Å²) in [5.74, 6) is 0.824. The Morgan fingerprint density at radius 3 is 3.00 bits per heavy atom. The van der Waals surface area contributed by atoms with Gasteiger partial charge in [-0.3, -0.25) is 4.79 Å². The molecule has 0 aliphatic carbocycles. The van der Waals surface area contributed by atoms with E-state index < -0.39 is 0 Å². The number of hydrogen-bond donors (Lipinski definition) is 1. The highest BCUT2D eigenvalue weighted by atomic mass is 35.5. The van der Waals surface area contributed by atoms with E-state index in [0.29, 0.717) is 0 Å². The lowest BCUT2D eigenvalue weighted by Crippen LogP contribution is -2.21. The summed E-state index contributed by atoms with van der Waals surface area (Å²) in [6, 6.07) is 5.61. The van der Waals surface area contributed by atoms with Gasteiger partial charge < -0.3 is 10.1 Å². The van der Waals surface area contributed by atoms with E-state index in [2.05, 4.69) is 5.32 Å². The standard InChI is InChI=1S/C11H13NO2.ClH/c1-12-11(13)9-4-2-6-10-8(9)5-3-7-14-10;/h2,4,6H,3,5,7H2,1H3,(H,12,13);1H. The van der Waals surface area contributed by atoms with Crippen LogP contribution in [0, 0.1) is 0 Å². The summed E-state index contributed by atoms with van der Waals surface area (Å²) in [5, 5.41) is 2.64. The van der Waals surface area contributed by atoms with Crippen LogP contribution >= 0.6 is 12.4 Å². The van der Waals surface area contributed by atoms with Gasteiger partial charge in [0.05, 0.1) is 6.61 Å². The summed E-state index contributed by atoms with van der Waals surface area (Å²) >= 11 is 0. The van der Waals surface area contributed by atoms with Gasteiger partial charge in [-0.05, 0) is 25.0 Å². The van der Waals surface area contributed by atoms with Crippen LogP contribution in [-0.2, 0) is 6.42 Å². The normalized spacial score (nSPS) is 13.1. The zero-order valence-corrected chi connectivity index (χ0v) is 9.39. The number of carbonyl (C=O) groups is 1. The van der Waals surface area contributed by atoms with Gasteiger partial charge >= 0.3 is 0 Å². The van der Waals surface area contributed by atoms with E-state index in [-0.39, 0.29) is 18.3 Å². The van der Waals surface area contributed by atoms with Gasteiger partial charge in [0, 0.05) is 18.2 Å². The zero-order valence-electron chi connectivity index (χ0n) is 8.58. The number of fused-ring (bicyclic) bond motifs is 1. The monoisotopic (exact) mass is 227 g/mol. The van der Waals surface area contributed by atoms with Crippen molar-refractivity contribution < 1.29 is 9.53 Å². The van der Waals surface area contributed by atoms with Crippen molar-refractivity contribution in [1.29, 1.82) is 0 Å². The number of halogens is 1. The molecule has 0 radical (unpaired) electrons. The van der Waals surface area contributed by atoms with E-state index in [9.17, 15) is 4.79 Å². The van der Waals surface area contributed by atoms with Crippen LogP contribution in [0.25, 0.3) is 0 Å². The molecule has 0 spiro atoms. The van der Waals surface area contributed by atoms with Crippen molar-refractivity contribution in [3.63, 3.8) is 0 Å². The van der Waals surface area contributed by atoms with E-state index in [1.165, 1.54) is 0 Å². The maximum absolute atomic E-state index is 11.5. The molecular weight excluding hydrogens is 214 g/mol. The van der Waals surface area contributed by atoms with Gasteiger partial charge in [-0.2, -0.15) is 0 Å². The lowest BCUT2D eigenvalue weighted by atomic mass is 9.99. The predicted molar refractivity (Wildman–Crippen MR) is 60.9 cm³/mol. The van der Waals surface area contributed by atoms with Crippen molar-refractivity contribution in [2.75, 3.05) is 13.7 Å². The first-order valence-electron chi connectivity index (χ1n) is 4.79. The van der Waals surface area contributed by atoms with Crippen molar-refractivity contribution in [2.24, 2.45) is 0 Å². The fourth-order valence-corrected chi connectivity index (χ4v) is 1.74. The molecule has 0 saturated heterocycles. The van der Waals surface area contributed by atoms with Crippen LogP contribution in [0.4, 0.5) is 0 Å². The van der Waals surface area contributed by atoms with Crippen LogP contribution in [0.5, 0.6) is 5.75 Å². The average molecular weight is 228 g/mol. The van der Waals surface area contributed by atoms with Crippen LogP contribution in [0.2, 0.25) is 0 Å². The van der Waals surface area contributed by atoms with Crippen molar-refractivity contribution >= 4 is 18.3 Å². The Morgan fingerprint density at radius 2 is 2.27 bits per heavy atom. The first kappa shape index (κ1) is 11.9. The molecule has 0 atom stereocenters. The lowest BCUT2D eigenvalue weighted by molar-refractivity contribution is 0.0961. The molecule has 0 aromatic heterocycles. The lowest BCUT2D eigenvalue weighted by Gasteiger charge is -2.19. The van der Waals surface area contributed by atoms with E-state index in [1.807, 2.05) is 18.2 Å². The topological polar surface area (TPSA) is 38.3 Å². The SMILES string of the molecule is CNC(=O)c1cccc2c1CCCO2.Cl. The number of benzene rings is 1. The summed E-state index contributed by atoms with van der Waals surface area (Å²) in [7, 11) is 1.64. The Morgan fingerprint density at radius 1 is 1.47 bits per heavy atom. The molecule has 1 N–H and O–H groups in total. The van der Waals surface area contributed by atoms with Gasteiger partial charge in [-0.1, -0.05) is 6.07 Å². The Balaban J connectivity index is 0.00000112. The van der Waals surface area contributed by atoms with Crippen LogP contribution < -0.4 is 10.1 Å². The van der Waals surface area contributed by atoms with E-state index in [1.54, 1.807) is 7.05 Å². The third-order valence-electron chi connectivity index (χ3n) is 2.43. The largest absolute Gasteiger partial charge is 0.493 e.